The van der Waals surface area contributed by atoms with Crippen molar-refractivity contribution >= 4 is 44.0 Å². The van der Waals surface area contributed by atoms with Crippen LogP contribution in [0.15, 0.2) is 83.7 Å². The highest BCUT2D eigenvalue weighted by Crippen LogP contribution is 2.28. The Balaban J connectivity index is 2.08. The standard InChI is InChI=1S/C22H13N3O/c26-21-15-8-2-4-10-17(15)23-22-24-18-11-5-1-7-14(18)13-20(24)16-9-3-6-12-19(16)25(21)22/h1-13H. The average Bonchev–Trinajstić information content (AvgIpc) is 3.08. The van der Waals surface area contributed by atoms with E-state index in [-0.39, 0.29) is 5.56 Å². The van der Waals surface area contributed by atoms with Gasteiger partial charge in [-0.15, -0.1) is 0 Å². The summed E-state index contributed by atoms with van der Waals surface area (Å²) in [6.45, 7) is 0. The molecular weight excluding hydrogens is 322 g/mol. The molecule has 6 rings (SSSR count). The highest BCUT2D eigenvalue weighted by molar-refractivity contribution is 6.03. The molecule has 0 saturated carbocycles. The van der Waals surface area contributed by atoms with E-state index in [2.05, 4.69) is 28.7 Å². The van der Waals surface area contributed by atoms with Gasteiger partial charge in [-0.3, -0.25) is 9.20 Å². The van der Waals surface area contributed by atoms with Gasteiger partial charge in [0.05, 0.1) is 27.5 Å². The zero-order valence-corrected chi connectivity index (χ0v) is 13.8. The number of aromatic nitrogens is 3. The number of fused-ring (bicyclic) bond motifs is 9. The Labute approximate surface area is 147 Å². The summed E-state index contributed by atoms with van der Waals surface area (Å²) in [5, 5.41) is 2.80. The second kappa shape index (κ2) is 4.70. The largest absolute Gasteiger partial charge is 0.279 e. The number of nitrogens with zero attached hydrogens (tertiary/aromatic N) is 3. The van der Waals surface area contributed by atoms with Crippen molar-refractivity contribution in [3.8, 4) is 0 Å². The smallest absolute Gasteiger partial charge is 0.267 e. The van der Waals surface area contributed by atoms with Crippen LogP contribution >= 0.6 is 0 Å². The Kier molecular flexibility index (Phi) is 2.46. The van der Waals surface area contributed by atoms with Crippen LogP contribution in [-0.2, 0) is 0 Å². The first-order chi connectivity index (χ1) is 12.8. The van der Waals surface area contributed by atoms with Crippen LogP contribution in [0.1, 0.15) is 0 Å². The molecule has 0 bridgehead atoms. The van der Waals surface area contributed by atoms with Crippen LogP contribution < -0.4 is 5.56 Å². The summed E-state index contributed by atoms with van der Waals surface area (Å²) < 4.78 is 3.82. The number of hydrogen-bond donors (Lipinski definition) is 0. The fourth-order valence-corrected chi connectivity index (χ4v) is 3.94. The molecule has 26 heavy (non-hydrogen) atoms. The fraction of sp³-hybridized carbons (Fsp3) is 0. The lowest BCUT2D eigenvalue weighted by Crippen LogP contribution is -2.18. The van der Waals surface area contributed by atoms with Gasteiger partial charge in [0.15, 0.2) is 0 Å². The molecule has 0 unspecified atom stereocenters. The third kappa shape index (κ3) is 1.58. The van der Waals surface area contributed by atoms with Gasteiger partial charge in [-0.25, -0.2) is 9.38 Å². The Morgan fingerprint density at radius 2 is 1.35 bits per heavy atom. The van der Waals surface area contributed by atoms with Crippen LogP contribution in [0.2, 0.25) is 0 Å². The normalized spacial score (nSPS) is 12.0. The van der Waals surface area contributed by atoms with Crippen LogP contribution in [-0.4, -0.2) is 13.8 Å². The lowest BCUT2D eigenvalue weighted by Gasteiger charge is -2.11. The lowest BCUT2D eigenvalue weighted by molar-refractivity contribution is 1.05. The molecule has 3 aromatic heterocycles. The molecule has 0 saturated heterocycles. The van der Waals surface area contributed by atoms with Gasteiger partial charge in [-0.1, -0.05) is 48.5 Å². The highest BCUT2D eigenvalue weighted by Gasteiger charge is 2.15. The summed E-state index contributed by atoms with van der Waals surface area (Å²) >= 11 is 0. The zero-order chi connectivity index (χ0) is 17.3. The lowest BCUT2D eigenvalue weighted by atomic mass is 10.2. The first-order valence-corrected chi connectivity index (χ1v) is 8.55. The van der Waals surface area contributed by atoms with Crippen LogP contribution in [0.25, 0.3) is 44.0 Å². The van der Waals surface area contributed by atoms with E-state index in [0.29, 0.717) is 16.7 Å². The summed E-state index contributed by atoms with van der Waals surface area (Å²) in [5.41, 5.74) is 3.66. The highest BCUT2D eigenvalue weighted by atomic mass is 16.1. The Bertz CT molecular complexity index is 1560. The van der Waals surface area contributed by atoms with Crippen LogP contribution in [0.4, 0.5) is 0 Å². The maximum absolute atomic E-state index is 13.3. The second-order valence-electron chi connectivity index (χ2n) is 6.51. The summed E-state index contributed by atoms with van der Waals surface area (Å²) in [7, 11) is 0. The average molecular weight is 335 g/mol. The minimum atomic E-state index is -0.0403. The molecule has 0 aliphatic heterocycles. The molecule has 4 nitrogen and oxygen atoms in total. The number of rotatable bonds is 0. The minimum Gasteiger partial charge on any atom is -0.279 e. The van der Waals surface area contributed by atoms with Crippen molar-refractivity contribution in [2.45, 2.75) is 0 Å². The molecule has 0 radical (unpaired) electrons. The van der Waals surface area contributed by atoms with E-state index in [1.54, 1.807) is 4.40 Å². The van der Waals surface area contributed by atoms with E-state index in [9.17, 15) is 4.79 Å². The summed E-state index contributed by atoms with van der Waals surface area (Å²) in [5.74, 6) is 0.642. The van der Waals surface area contributed by atoms with Crippen molar-refractivity contribution in [3.63, 3.8) is 0 Å². The maximum atomic E-state index is 13.3. The number of hydrogen-bond acceptors (Lipinski definition) is 2. The van der Waals surface area contributed by atoms with Crippen molar-refractivity contribution < 1.29 is 0 Å². The van der Waals surface area contributed by atoms with Crippen molar-refractivity contribution in [1.82, 2.24) is 13.8 Å². The molecular formula is C22H13N3O. The van der Waals surface area contributed by atoms with Crippen molar-refractivity contribution in [2.24, 2.45) is 0 Å². The van der Waals surface area contributed by atoms with Gasteiger partial charge in [0.1, 0.15) is 0 Å². The predicted molar refractivity (Wildman–Crippen MR) is 105 cm³/mol. The van der Waals surface area contributed by atoms with E-state index < -0.39 is 0 Å². The quantitative estimate of drug-likeness (QED) is 0.305. The van der Waals surface area contributed by atoms with Crippen molar-refractivity contribution in [3.05, 3.63) is 89.2 Å². The fourth-order valence-electron chi connectivity index (χ4n) is 3.94. The second-order valence-corrected chi connectivity index (χ2v) is 6.51. The van der Waals surface area contributed by atoms with Gasteiger partial charge in [-0.2, -0.15) is 0 Å². The molecule has 0 N–H and O–H groups in total. The Hall–Kier alpha value is -3.66. The molecule has 0 fully saturated rings. The van der Waals surface area contributed by atoms with E-state index in [1.807, 2.05) is 54.6 Å². The molecule has 6 aromatic rings. The van der Waals surface area contributed by atoms with Gasteiger partial charge in [-0.05, 0) is 30.3 Å². The van der Waals surface area contributed by atoms with E-state index in [4.69, 9.17) is 4.98 Å². The SMILES string of the molecule is O=c1c2ccccc2nc2n1c1ccccc1c1cc3ccccc3n12. The first kappa shape index (κ1) is 13.6. The Morgan fingerprint density at radius 1 is 0.654 bits per heavy atom. The molecule has 122 valence electrons. The number of benzene rings is 3. The molecule has 0 aliphatic rings. The monoisotopic (exact) mass is 335 g/mol. The zero-order valence-electron chi connectivity index (χ0n) is 13.8. The van der Waals surface area contributed by atoms with Gasteiger partial charge in [0.25, 0.3) is 5.56 Å². The molecule has 4 heteroatoms. The van der Waals surface area contributed by atoms with Gasteiger partial charge < -0.3 is 0 Å². The minimum absolute atomic E-state index is 0.0403. The van der Waals surface area contributed by atoms with Gasteiger partial charge in [0, 0.05) is 10.8 Å². The first-order valence-electron chi connectivity index (χ1n) is 8.55. The molecule has 0 amide bonds. The van der Waals surface area contributed by atoms with Crippen molar-refractivity contribution in [2.75, 3.05) is 0 Å². The van der Waals surface area contributed by atoms with E-state index in [0.717, 1.165) is 27.3 Å². The van der Waals surface area contributed by atoms with Gasteiger partial charge in [0.2, 0.25) is 5.78 Å². The maximum Gasteiger partial charge on any atom is 0.267 e. The molecule has 0 aliphatic carbocycles. The molecule has 0 spiro atoms. The van der Waals surface area contributed by atoms with E-state index >= 15 is 0 Å². The molecule has 0 atom stereocenters. The topological polar surface area (TPSA) is 38.8 Å². The molecule has 3 heterocycles. The van der Waals surface area contributed by atoms with Crippen molar-refractivity contribution in [1.29, 1.82) is 0 Å². The van der Waals surface area contributed by atoms with E-state index in [1.165, 1.54) is 0 Å². The van der Waals surface area contributed by atoms with Crippen LogP contribution in [0.5, 0.6) is 0 Å². The summed E-state index contributed by atoms with van der Waals surface area (Å²) in [4.78, 5) is 18.2. The van der Waals surface area contributed by atoms with Gasteiger partial charge >= 0.3 is 0 Å². The summed E-state index contributed by atoms with van der Waals surface area (Å²) in [6, 6.07) is 25.9. The molecule has 3 aromatic carbocycles. The summed E-state index contributed by atoms with van der Waals surface area (Å²) in [6.07, 6.45) is 0. The number of para-hydroxylation sites is 3. The third-order valence-electron chi connectivity index (χ3n) is 5.09. The third-order valence-corrected chi connectivity index (χ3v) is 5.09. The predicted octanol–water partition coefficient (Wildman–Crippen LogP) is 4.41. The Morgan fingerprint density at radius 3 is 2.23 bits per heavy atom. The van der Waals surface area contributed by atoms with Crippen LogP contribution in [0.3, 0.4) is 0 Å². The van der Waals surface area contributed by atoms with Crippen LogP contribution in [0, 0.1) is 0 Å².